The molecule has 3 aromatic carbocycles. The third kappa shape index (κ3) is 6.28. The molecule has 0 saturated heterocycles. The first-order valence-corrected chi connectivity index (χ1v) is 13.3. The Kier molecular flexibility index (Phi) is 8.41. The first-order valence-electron chi connectivity index (χ1n) is 13.3. The monoisotopic (exact) mass is 581 g/mol. The number of halogens is 3. The smallest absolute Gasteiger partial charge is 0.416 e. The number of carboxylic acids is 1. The van der Waals surface area contributed by atoms with Gasteiger partial charge in [0.15, 0.2) is 5.60 Å². The highest BCUT2D eigenvalue weighted by molar-refractivity contribution is 5.76. The minimum absolute atomic E-state index is 0.393. The van der Waals surface area contributed by atoms with Crippen molar-refractivity contribution < 1.29 is 32.5 Å². The van der Waals surface area contributed by atoms with Crippen LogP contribution in [-0.2, 0) is 23.1 Å². The van der Waals surface area contributed by atoms with Gasteiger partial charge in [0.2, 0.25) is 0 Å². The number of methoxy groups -OCH3 is 1. The third-order valence-corrected chi connectivity index (χ3v) is 7.42. The van der Waals surface area contributed by atoms with Crippen LogP contribution in [0.4, 0.5) is 13.2 Å². The molecule has 0 aliphatic heterocycles. The fourth-order valence-electron chi connectivity index (χ4n) is 4.63. The highest BCUT2D eigenvalue weighted by atomic mass is 19.4. The molecule has 42 heavy (non-hydrogen) atoms. The van der Waals surface area contributed by atoms with Gasteiger partial charge in [0.25, 0.3) is 0 Å². The Bertz CT molecular complexity index is 1560. The van der Waals surface area contributed by atoms with Gasteiger partial charge in [-0.3, -0.25) is 4.68 Å². The molecule has 0 spiro atoms. The lowest BCUT2D eigenvalue weighted by Crippen LogP contribution is -2.40. The molecule has 4 aromatic rings. The number of alkyl halides is 3. The minimum atomic E-state index is -4.43. The van der Waals surface area contributed by atoms with Gasteiger partial charge in [0.05, 0.1) is 36.1 Å². The summed E-state index contributed by atoms with van der Waals surface area (Å²) in [5, 5.41) is 17.7. The molecule has 2 N–H and O–H groups in total. The molecule has 0 aliphatic rings. The summed E-state index contributed by atoms with van der Waals surface area (Å²) in [5.41, 5.74) is 1.46. The van der Waals surface area contributed by atoms with Crippen molar-refractivity contribution in [2.75, 3.05) is 14.2 Å². The second kappa shape index (κ2) is 11.5. The summed E-state index contributed by atoms with van der Waals surface area (Å²) in [6, 6.07) is 19.9. The van der Waals surface area contributed by atoms with Crippen molar-refractivity contribution >= 4 is 5.97 Å². The predicted octanol–water partition coefficient (Wildman–Crippen LogP) is 6.66. The van der Waals surface area contributed by atoms with Crippen molar-refractivity contribution in [3.05, 3.63) is 101 Å². The average molecular weight is 582 g/mol. The molecule has 0 bridgehead atoms. The molecule has 0 aliphatic carbocycles. The van der Waals surface area contributed by atoms with Crippen LogP contribution in [0.15, 0.2) is 72.8 Å². The van der Waals surface area contributed by atoms with Gasteiger partial charge in [-0.1, -0.05) is 36.4 Å². The van der Waals surface area contributed by atoms with Crippen LogP contribution in [0.25, 0.3) is 11.3 Å². The van der Waals surface area contributed by atoms with Crippen LogP contribution in [0.1, 0.15) is 48.7 Å². The van der Waals surface area contributed by atoms with Crippen molar-refractivity contribution in [1.82, 2.24) is 15.1 Å². The maximum atomic E-state index is 13.2. The number of nitrogens with one attached hydrogen (secondary N) is 1. The number of hydrogen-bond acceptors (Lipinski definition) is 5. The number of aliphatic carboxylic acids is 1. The summed E-state index contributed by atoms with van der Waals surface area (Å²) >= 11 is 0. The van der Waals surface area contributed by atoms with E-state index in [-0.39, 0.29) is 0 Å². The van der Waals surface area contributed by atoms with Crippen LogP contribution in [0.5, 0.6) is 11.5 Å². The molecule has 0 saturated carbocycles. The number of aromatic nitrogens is 2. The molecule has 4 rings (SSSR count). The zero-order valence-electron chi connectivity index (χ0n) is 24.3. The summed E-state index contributed by atoms with van der Waals surface area (Å²) in [5.74, 6) is 0.0832. The van der Waals surface area contributed by atoms with E-state index in [1.54, 1.807) is 13.2 Å². The molecule has 0 amide bonds. The maximum absolute atomic E-state index is 13.2. The standard InChI is InChI=1S/C32H34F3N3O4/c1-20-17-24(13-16-27(20)42-30(2,3)29(39)40)31(4,36-5)28-18-26(22-9-11-23(12-10-22)32(33,34)35)37-38(28)19-21-7-14-25(41-6)15-8-21/h7-18,36H,19H2,1-6H3,(H,39,40). The largest absolute Gasteiger partial charge is 0.497 e. The third-order valence-electron chi connectivity index (χ3n) is 7.42. The first-order chi connectivity index (χ1) is 19.7. The molecule has 7 nitrogen and oxygen atoms in total. The van der Waals surface area contributed by atoms with Gasteiger partial charge in [-0.25, -0.2) is 4.79 Å². The topological polar surface area (TPSA) is 85.6 Å². The van der Waals surface area contributed by atoms with E-state index in [1.807, 2.05) is 68.0 Å². The molecule has 1 aromatic heterocycles. The maximum Gasteiger partial charge on any atom is 0.416 e. The van der Waals surface area contributed by atoms with Crippen LogP contribution in [0.3, 0.4) is 0 Å². The van der Waals surface area contributed by atoms with Gasteiger partial charge in [-0.2, -0.15) is 18.3 Å². The molecule has 1 heterocycles. The highest BCUT2D eigenvalue weighted by Gasteiger charge is 2.34. The molecule has 1 unspecified atom stereocenters. The summed E-state index contributed by atoms with van der Waals surface area (Å²) in [4.78, 5) is 11.6. The highest BCUT2D eigenvalue weighted by Crippen LogP contribution is 2.36. The van der Waals surface area contributed by atoms with Gasteiger partial charge >= 0.3 is 12.1 Å². The fourth-order valence-corrected chi connectivity index (χ4v) is 4.63. The predicted molar refractivity (Wildman–Crippen MR) is 154 cm³/mol. The van der Waals surface area contributed by atoms with E-state index in [2.05, 4.69) is 5.32 Å². The van der Waals surface area contributed by atoms with Crippen LogP contribution in [-0.4, -0.2) is 40.6 Å². The van der Waals surface area contributed by atoms with E-state index in [0.29, 0.717) is 29.3 Å². The summed E-state index contributed by atoms with van der Waals surface area (Å²) in [6.45, 7) is 7.20. The van der Waals surface area contributed by atoms with Crippen LogP contribution < -0.4 is 14.8 Å². The number of carboxylic acid groups (broad SMARTS) is 1. The van der Waals surface area contributed by atoms with Crippen molar-refractivity contribution in [1.29, 1.82) is 0 Å². The quantitative estimate of drug-likeness (QED) is 0.218. The zero-order valence-corrected chi connectivity index (χ0v) is 24.3. The number of aryl methyl sites for hydroxylation is 1. The second-order valence-electron chi connectivity index (χ2n) is 10.8. The molecule has 10 heteroatoms. The fraction of sp³-hybridized carbons (Fsp3) is 0.312. The Hall–Kier alpha value is -4.31. The van der Waals surface area contributed by atoms with Crippen LogP contribution >= 0.6 is 0 Å². The van der Waals surface area contributed by atoms with E-state index in [9.17, 15) is 23.1 Å². The van der Waals surface area contributed by atoms with E-state index in [0.717, 1.165) is 34.5 Å². The van der Waals surface area contributed by atoms with E-state index in [4.69, 9.17) is 14.6 Å². The van der Waals surface area contributed by atoms with Crippen molar-refractivity contribution in [3.8, 4) is 22.8 Å². The van der Waals surface area contributed by atoms with E-state index in [1.165, 1.54) is 26.0 Å². The minimum Gasteiger partial charge on any atom is -0.497 e. The lowest BCUT2D eigenvalue weighted by molar-refractivity contribution is -0.152. The van der Waals surface area contributed by atoms with Crippen LogP contribution in [0, 0.1) is 6.92 Å². The number of hydrogen-bond donors (Lipinski definition) is 2. The van der Waals surface area contributed by atoms with Gasteiger partial charge in [0, 0.05) is 5.56 Å². The Labute approximate surface area is 242 Å². The molecular weight excluding hydrogens is 547 g/mol. The van der Waals surface area contributed by atoms with Crippen molar-refractivity contribution in [3.63, 3.8) is 0 Å². The summed E-state index contributed by atoms with van der Waals surface area (Å²) in [7, 11) is 3.41. The summed E-state index contributed by atoms with van der Waals surface area (Å²) in [6.07, 6.45) is -4.43. The lowest BCUT2D eigenvalue weighted by atomic mass is 9.87. The van der Waals surface area contributed by atoms with Crippen molar-refractivity contribution in [2.24, 2.45) is 0 Å². The molecule has 1 atom stereocenters. The molecule has 222 valence electrons. The Morgan fingerprint density at radius 3 is 2.10 bits per heavy atom. The Morgan fingerprint density at radius 1 is 0.952 bits per heavy atom. The van der Waals surface area contributed by atoms with Crippen molar-refractivity contribution in [2.45, 2.75) is 51.6 Å². The van der Waals surface area contributed by atoms with Gasteiger partial charge < -0.3 is 19.9 Å². The zero-order chi connectivity index (χ0) is 30.9. The normalized spacial score (nSPS) is 13.5. The van der Waals surface area contributed by atoms with Gasteiger partial charge in [-0.15, -0.1) is 0 Å². The number of carbonyl (C=O) groups is 1. The molecule has 0 fully saturated rings. The van der Waals surface area contributed by atoms with E-state index >= 15 is 0 Å². The second-order valence-corrected chi connectivity index (χ2v) is 10.8. The van der Waals surface area contributed by atoms with Gasteiger partial charge in [-0.05, 0) is 87.8 Å². The van der Waals surface area contributed by atoms with Crippen LogP contribution in [0.2, 0.25) is 0 Å². The Morgan fingerprint density at radius 2 is 1.57 bits per heavy atom. The average Bonchev–Trinajstić information content (AvgIpc) is 3.37. The first kappa shape index (κ1) is 30.6. The number of benzene rings is 3. The Balaban J connectivity index is 1.80. The number of nitrogens with zero attached hydrogens (tertiary/aromatic N) is 2. The van der Waals surface area contributed by atoms with Gasteiger partial charge in [0.1, 0.15) is 11.5 Å². The summed E-state index contributed by atoms with van der Waals surface area (Å²) < 4.78 is 52.5. The number of rotatable bonds is 10. The lowest BCUT2D eigenvalue weighted by Gasteiger charge is -2.32. The molecular formula is C32H34F3N3O4. The number of ether oxygens (including phenoxy) is 2. The van der Waals surface area contributed by atoms with E-state index < -0.39 is 28.8 Å². The molecule has 0 radical (unpaired) electrons. The SMILES string of the molecule is CNC(C)(c1ccc(OC(C)(C)C(=O)O)c(C)c1)c1cc(-c2ccc(C(F)(F)F)cc2)nn1Cc1ccc(OC)cc1.